The van der Waals surface area contributed by atoms with E-state index in [2.05, 4.69) is 29.9 Å². The number of aromatic nitrogens is 1. The fourth-order valence-corrected chi connectivity index (χ4v) is 2.14. The molecule has 1 aliphatic rings. The fourth-order valence-electron chi connectivity index (χ4n) is 2.14. The Morgan fingerprint density at radius 2 is 2.13 bits per heavy atom. The topological polar surface area (TPSA) is 40.2 Å². The van der Waals surface area contributed by atoms with Crippen molar-refractivity contribution < 1.29 is 4.74 Å². The molecule has 2 heterocycles. The van der Waals surface area contributed by atoms with E-state index in [0.29, 0.717) is 5.92 Å². The highest BCUT2D eigenvalue weighted by Gasteiger charge is 2.23. The Morgan fingerprint density at radius 3 is 2.67 bits per heavy atom. The van der Waals surface area contributed by atoms with Crippen LogP contribution in [-0.4, -0.2) is 17.8 Å². The standard InChI is InChI=1S/C11H18N2O.ClH/c1-13-6-2-3-10(13)11(12)9-4-7-14-8-5-9;/h2-3,6,9,11H,4-5,7-8,12H2,1H3;1H/t11-;/m1./s1. The molecule has 0 aromatic carbocycles. The summed E-state index contributed by atoms with van der Waals surface area (Å²) in [6.07, 6.45) is 4.23. The molecule has 1 aliphatic heterocycles. The van der Waals surface area contributed by atoms with Gasteiger partial charge < -0.3 is 15.0 Å². The lowest BCUT2D eigenvalue weighted by Gasteiger charge is -2.27. The third-order valence-electron chi connectivity index (χ3n) is 3.10. The summed E-state index contributed by atoms with van der Waals surface area (Å²) >= 11 is 0. The largest absolute Gasteiger partial charge is 0.381 e. The Hall–Kier alpha value is -0.510. The molecule has 2 N–H and O–H groups in total. The van der Waals surface area contributed by atoms with E-state index in [1.807, 2.05) is 0 Å². The molecule has 3 nitrogen and oxygen atoms in total. The van der Waals surface area contributed by atoms with Crippen molar-refractivity contribution in [2.75, 3.05) is 13.2 Å². The molecule has 15 heavy (non-hydrogen) atoms. The summed E-state index contributed by atoms with van der Waals surface area (Å²) in [5.74, 6) is 0.581. The SMILES string of the molecule is Cl.Cn1cccc1[C@H](N)C1CCOCC1. The molecular weight excluding hydrogens is 212 g/mol. The van der Waals surface area contributed by atoms with Crippen molar-refractivity contribution in [2.24, 2.45) is 18.7 Å². The fraction of sp³-hybridized carbons (Fsp3) is 0.636. The van der Waals surface area contributed by atoms with E-state index in [0.717, 1.165) is 26.1 Å². The first-order chi connectivity index (χ1) is 6.79. The number of nitrogens with two attached hydrogens (primary N) is 1. The second-order valence-corrected chi connectivity index (χ2v) is 4.02. The van der Waals surface area contributed by atoms with Crippen molar-refractivity contribution in [3.05, 3.63) is 24.0 Å². The Labute approximate surface area is 97.0 Å². The van der Waals surface area contributed by atoms with E-state index in [4.69, 9.17) is 10.5 Å². The molecule has 0 amide bonds. The first kappa shape index (κ1) is 12.6. The van der Waals surface area contributed by atoms with Crippen LogP contribution in [0.2, 0.25) is 0 Å². The zero-order valence-electron chi connectivity index (χ0n) is 9.06. The molecule has 1 fully saturated rings. The van der Waals surface area contributed by atoms with Crippen LogP contribution >= 0.6 is 12.4 Å². The summed E-state index contributed by atoms with van der Waals surface area (Å²) in [6, 6.07) is 4.33. The summed E-state index contributed by atoms with van der Waals surface area (Å²) in [5.41, 5.74) is 7.47. The highest BCUT2D eigenvalue weighted by Crippen LogP contribution is 2.27. The number of hydrogen-bond acceptors (Lipinski definition) is 2. The third kappa shape index (κ3) is 2.74. The van der Waals surface area contributed by atoms with Crippen molar-refractivity contribution in [2.45, 2.75) is 18.9 Å². The van der Waals surface area contributed by atoms with Crippen LogP contribution in [0.1, 0.15) is 24.6 Å². The second-order valence-electron chi connectivity index (χ2n) is 4.02. The van der Waals surface area contributed by atoms with Gasteiger partial charge in [-0.25, -0.2) is 0 Å². The number of nitrogens with zero attached hydrogens (tertiary/aromatic N) is 1. The van der Waals surface area contributed by atoms with Crippen LogP contribution in [0.4, 0.5) is 0 Å². The first-order valence-electron chi connectivity index (χ1n) is 5.23. The molecule has 0 radical (unpaired) electrons. The lowest BCUT2D eigenvalue weighted by Crippen LogP contribution is -2.28. The van der Waals surface area contributed by atoms with Gasteiger partial charge in [-0.2, -0.15) is 0 Å². The van der Waals surface area contributed by atoms with Gasteiger partial charge in [-0.3, -0.25) is 0 Å². The summed E-state index contributed by atoms with van der Waals surface area (Å²) in [6.45, 7) is 1.73. The Morgan fingerprint density at radius 1 is 1.47 bits per heavy atom. The van der Waals surface area contributed by atoms with E-state index in [1.54, 1.807) is 0 Å². The normalized spacial score (nSPS) is 19.6. The van der Waals surface area contributed by atoms with Crippen molar-refractivity contribution in [3.63, 3.8) is 0 Å². The van der Waals surface area contributed by atoms with Crippen molar-refractivity contribution in [1.82, 2.24) is 4.57 Å². The minimum Gasteiger partial charge on any atom is -0.381 e. The molecule has 86 valence electrons. The number of rotatable bonds is 2. The van der Waals surface area contributed by atoms with E-state index in [1.165, 1.54) is 5.69 Å². The van der Waals surface area contributed by atoms with Gasteiger partial charge in [0.05, 0.1) is 0 Å². The lowest BCUT2D eigenvalue weighted by molar-refractivity contribution is 0.0576. The van der Waals surface area contributed by atoms with Crippen LogP contribution in [-0.2, 0) is 11.8 Å². The zero-order valence-corrected chi connectivity index (χ0v) is 9.87. The van der Waals surface area contributed by atoms with Gasteiger partial charge in [0.25, 0.3) is 0 Å². The molecule has 0 saturated carbocycles. The Bertz CT molecular complexity index is 295. The highest BCUT2D eigenvalue weighted by atomic mass is 35.5. The molecule has 0 spiro atoms. The van der Waals surface area contributed by atoms with E-state index in [-0.39, 0.29) is 18.4 Å². The van der Waals surface area contributed by atoms with Gasteiger partial charge in [-0.05, 0) is 30.9 Å². The summed E-state index contributed by atoms with van der Waals surface area (Å²) in [4.78, 5) is 0. The van der Waals surface area contributed by atoms with E-state index in [9.17, 15) is 0 Å². The number of aryl methyl sites for hydroxylation is 1. The number of halogens is 1. The zero-order chi connectivity index (χ0) is 9.97. The molecule has 0 bridgehead atoms. The van der Waals surface area contributed by atoms with Gasteiger partial charge in [0.1, 0.15) is 0 Å². The van der Waals surface area contributed by atoms with Crippen LogP contribution in [0, 0.1) is 5.92 Å². The molecule has 1 saturated heterocycles. The molecular formula is C11H19ClN2O. The number of hydrogen-bond donors (Lipinski definition) is 1. The van der Waals surface area contributed by atoms with E-state index >= 15 is 0 Å². The van der Waals surface area contributed by atoms with Gasteiger partial charge >= 0.3 is 0 Å². The quantitative estimate of drug-likeness (QED) is 0.843. The van der Waals surface area contributed by atoms with Gasteiger partial charge in [-0.1, -0.05) is 0 Å². The first-order valence-corrected chi connectivity index (χ1v) is 5.23. The van der Waals surface area contributed by atoms with Crippen LogP contribution in [0.25, 0.3) is 0 Å². The molecule has 2 rings (SSSR count). The Balaban J connectivity index is 0.00000112. The van der Waals surface area contributed by atoms with Crippen LogP contribution < -0.4 is 5.73 Å². The molecule has 1 aromatic rings. The minimum absolute atomic E-state index is 0. The monoisotopic (exact) mass is 230 g/mol. The predicted molar refractivity (Wildman–Crippen MR) is 63.1 cm³/mol. The molecule has 1 atom stereocenters. The van der Waals surface area contributed by atoms with Crippen molar-refractivity contribution in [1.29, 1.82) is 0 Å². The highest BCUT2D eigenvalue weighted by molar-refractivity contribution is 5.85. The van der Waals surface area contributed by atoms with E-state index < -0.39 is 0 Å². The van der Waals surface area contributed by atoms with Crippen molar-refractivity contribution >= 4 is 12.4 Å². The Kier molecular flexibility index (Phi) is 4.64. The lowest BCUT2D eigenvalue weighted by atomic mass is 9.90. The molecule has 1 aromatic heterocycles. The molecule has 0 unspecified atom stereocenters. The molecule has 0 aliphatic carbocycles. The smallest absolute Gasteiger partial charge is 0.0480 e. The van der Waals surface area contributed by atoms with Gasteiger partial charge in [0.2, 0.25) is 0 Å². The van der Waals surface area contributed by atoms with Crippen LogP contribution in [0.15, 0.2) is 18.3 Å². The summed E-state index contributed by atoms with van der Waals surface area (Å²) in [5, 5.41) is 0. The third-order valence-corrected chi connectivity index (χ3v) is 3.10. The van der Waals surface area contributed by atoms with Crippen LogP contribution in [0.3, 0.4) is 0 Å². The maximum Gasteiger partial charge on any atom is 0.0480 e. The summed E-state index contributed by atoms with van der Waals surface area (Å²) in [7, 11) is 2.05. The predicted octanol–water partition coefficient (Wildman–Crippen LogP) is 1.87. The average Bonchev–Trinajstić information content (AvgIpc) is 2.65. The van der Waals surface area contributed by atoms with Gasteiger partial charge in [0, 0.05) is 38.2 Å². The maximum absolute atomic E-state index is 6.24. The number of ether oxygens (including phenoxy) is 1. The summed E-state index contributed by atoms with van der Waals surface area (Å²) < 4.78 is 7.45. The van der Waals surface area contributed by atoms with Crippen molar-refractivity contribution in [3.8, 4) is 0 Å². The van der Waals surface area contributed by atoms with Crippen LogP contribution in [0.5, 0.6) is 0 Å². The van der Waals surface area contributed by atoms with Gasteiger partial charge in [-0.15, -0.1) is 12.4 Å². The maximum atomic E-state index is 6.24. The molecule has 4 heteroatoms. The van der Waals surface area contributed by atoms with Gasteiger partial charge in [0.15, 0.2) is 0 Å². The minimum atomic E-state index is 0. The second kappa shape index (κ2) is 5.54. The average molecular weight is 231 g/mol.